The number of hydrogen-bond acceptors (Lipinski definition) is 4. The standard InChI is InChI=1S/C6H10N4O2/c1-3-4(2-5(11)8-7)6(12)10-9-3/h4H,2,7H2,1H3,(H,8,11)(H,10,12). The SMILES string of the molecule is CC1=NNC(=O)C1CC(=O)NN. The van der Waals surface area contributed by atoms with Crippen LogP contribution < -0.4 is 16.7 Å². The summed E-state index contributed by atoms with van der Waals surface area (Å²) in [6.07, 6.45) is 0.0532. The van der Waals surface area contributed by atoms with Gasteiger partial charge in [-0.1, -0.05) is 0 Å². The lowest BCUT2D eigenvalue weighted by Gasteiger charge is -2.04. The van der Waals surface area contributed by atoms with Crippen LogP contribution in [0.15, 0.2) is 5.10 Å². The van der Waals surface area contributed by atoms with Gasteiger partial charge in [-0.25, -0.2) is 11.3 Å². The van der Waals surface area contributed by atoms with Gasteiger partial charge in [0.25, 0.3) is 0 Å². The molecule has 0 fully saturated rings. The van der Waals surface area contributed by atoms with Crippen LogP contribution in [-0.4, -0.2) is 17.5 Å². The smallest absolute Gasteiger partial charge is 0.249 e. The Morgan fingerprint density at radius 1 is 1.83 bits per heavy atom. The molecule has 6 heteroatoms. The average molecular weight is 170 g/mol. The minimum absolute atomic E-state index is 0.0532. The molecule has 0 aromatic rings. The van der Waals surface area contributed by atoms with Crippen LogP contribution in [0.25, 0.3) is 0 Å². The van der Waals surface area contributed by atoms with Gasteiger partial charge in [0.15, 0.2) is 0 Å². The third kappa shape index (κ3) is 1.59. The molecule has 6 nitrogen and oxygen atoms in total. The van der Waals surface area contributed by atoms with Crippen LogP contribution in [0.3, 0.4) is 0 Å². The summed E-state index contributed by atoms with van der Waals surface area (Å²) in [7, 11) is 0. The quantitative estimate of drug-likeness (QED) is 0.267. The van der Waals surface area contributed by atoms with Crippen molar-refractivity contribution in [2.24, 2.45) is 16.9 Å². The molecule has 1 rings (SSSR count). The molecule has 66 valence electrons. The largest absolute Gasteiger partial charge is 0.294 e. The summed E-state index contributed by atoms with van der Waals surface area (Å²) in [5, 5.41) is 3.68. The van der Waals surface area contributed by atoms with Gasteiger partial charge in [-0.3, -0.25) is 15.0 Å². The van der Waals surface area contributed by atoms with Crippen molar-refractivity contribution in [1.82, 2.24) is 10.9 Å². The molecule has 2 amide bonds. The van der Waals surface area contributed by atoms with E-state index in [9.17, 15) is 9.59 Å². The van der Waals surface area contributed by atoms with Gasteiger partial charge in [-0.05, 0) is 6.92 Å². The van der Waals surface area contributed by atoms with E-state index in [4.69, 9.17) is 5.84 Å². The number of carbonyl (C=O) groups is 2. The highest BCUT2D eigenvalue weighted by molar-refractivity contribution is 6.08. The van der Waals surface area contributed by atoms with E-state index < -0.39 is 5.92 Å². The van der Waals surface area contributed by atoms with Gasteiger partial charge < -0.3 is 0 Å². The van der Waals surface area contributed by atoms with Crippen molar-refractivity contribution in [1.29, 1.82) is 0 Å². The zero-order valence-electron chi connectivity index (χ0n) is 6.63. The van der Waals surface area contributed by atoms with E-state index in [1.54, 1.807) is 6.92 Å². The Morgan fingerprint density at radius 3 is 2.92 bits per heavy atom. The summed E-state index contributed by atoms with van der Waals surface area (Å²) in [5.41, 5.74) is 4.85. The number of hydrazone groups is 1. The molecular formula is C6H10N4O2. The summed E-state index contributed by atoms with van der Waals surface area (Å²) in [6.45, 7) is 1.69. The first kappa shape index (κ1) is 8.66. The number of nitrogens with one attached hydrogen (secondary N) is 2. The van der Waals surface area contributed by atoms with E-state index in [0.717, 1.165) is 0 Å². The number of hydrogen-bond donors (Lipinski definition) is 3. The highest BCUT2D eigenvalue weighted by Gasteiger charge is 2.28. The molecule has 0 aromatic carbocycles. The summed E-state index contributed by atoms with van der Waals surface area (Å²) in [5.74, 6) is 3.78. The maximum Gasteiger partial charge on any atom is 0.249 e. The Hall–Kier alpha value is -1.43. The molecule has 4 N–H and O–H groups in total. The molecule has 1 aliphatic rings. The normalized spacial score (nSPS) is 21.7. The fraction of sp³-hybridized carbons (Fsp3) is 0.500. The van der Waals surface area contributed by atoms with Crippen molar-refractivity contribution in [2.45, 2.75) is 13.3 Å². The van der Waals surface area contributed by atoms with Crippen LogP contribution in [0.5, 0.6) is 0 Å². The molecule has 1 heterocycles. The Kier molecular flexibility index (Phi) is 2.39. The van der Waals surface area contributed by atoms with Crippen LogP contribution in [-0.2, 0) is 9.59 Å². The molecule has 0 saturated heterocycles. The monoisotopic (exact) mass is 170 g/mol. The van der Waals surface area contributed by atoms with E-state index in [0.29, 0.717) is 5.71 Å². The maximum absolute atomic E-state index is 11.0. The summed E-state index contributed by atoms with van der Waals surface area (Å²) in [6, 6.07) is 0. The molecular weight excluding hydrogens is 160 g/mol. The molecule has 12 heavy (non-hydrogen) atoms. The van der Waals surface area contributed by atoms with Crippen molar-refractivity contribution in [3.05, 3.63) is 0 Å². The number of hydrazine groups is 1. The Morgan fingerprint density at radius 2 is 2.50 bits per heavy atom. The van der Waals surface area contributed by atoms with E-state index in [1.165, 1.54) is 0 Å². The van der Waals surface area contributed by atoms with E-state index >= 15 is 0 Å². The van der Waals surface area contributed by atoms with Crippen LogP contribution in [0.1, 0.15) is 13.3 Å². The number of rotatable bonds is 2. The number of carbonyl (C=O) groups excluding carboxylic acids is 2. The topological polar surface area (TPSA) is 96.6 Å². The predicted octanol–water partition coefficient (Wildman–Crippen LogP) is -1.51. The minimum Gasteiger partial charge on any atom is -0.294 e. The highest BCUT2D eigenvalue weighted by atomic mass is 16.2. The van der Waals surface area contributed by atoms with E-state index in [-0.39, 0.29) is 18.2 Å². The summed E-state index contributed by atoms with van der Waals surface area (Å²) >= 11 is 0. The van der Waals surface area contributed by atoms with Gasteiger partial charge in [0.2, 0.25) is 11.8 Å². The van der Waals surface area contributed by atoms with Crippen molar-refractivity contribution < 1.29 is 9.59 Å². The van der Waals surface area contributed by atoms with Crippen molar-refractivity contribution in [3.63, 3.8) is 0 Å². The van der Waals surface area contributed by atoms with E-state index in [2.05, 4.69) is 10.5 Å². The van der Waals surface area contributed by atoms with Gasteiger partial charge in [0, 0.05) is 12.1 Å². The fourth-order valence-corrected chi connectivity index (χ4v) is 0.974. The molecule has 1 atom stereocenters. The molecule has 0 radical (unpaired) electrons. The third-order valence-corrected chi connectivity index (χ3v) is 1.71. The first-order valence-electron chi connectivity index (χ1n) is 3.48. The van der Waals surface area contributed by atoms with Gasteiger partial charge in [-0.2, -0.15) is 5.10 Å². The Balaban J connectivity index is 2.57. The minimum atomic E-state index is -0.464. The maximum atomic E-state index is 11.0. The fourth-order valence-electron chi connectivity index (χ4n) is 0.974. The molecule has 0 aliphatic carbocycles. The van der Waals surface area contributed by atoms with Crippen LogP contribution in [0, 0.1) is 5.92 Å². The molecule has 1 unspecified atom stereocenters. The van der Waals surface area contributed by atoms with Crippen LogP contribution >= 0.6 is 0 Å². The van der Waals surface area contributed by atoms with Gasteiger partial charge in [0.1, 0.15) is 0 Å². The van der Waals surface area contributed by atoms with Crippen LogP contribution in [0.4, 0.5) is 0 Å². The average Bonchev–Trinajstić information content (AvgIpc) is 2.35. The lowest BCUT2D eigenvalue weighted by Crippen LogP contribution is -2.35. The lowest BCUT2D eigenvalue weighted by atomic mass is 10.0. The van der Waals surface area contributed by atoms with Crippen LogP contribution in [0.2, 0.25) is 0 Å². The molecule has 0 saturated carbocycles. The van der Waals surface area contributed by atoms with Gasteiger partial charge in [0.05, 0.1) is 5.92 Å². The molecule has 1 aliphatic heterocycles. The van der Waals surface area contributed by atoms with E-state index in [1.807, 2.05) is 5.43 Å². The first-order valence-corrected chi connectivity index (χ1v) is 3.48. The Bertz CT molecular complexity index is 248. The molecule has 0 bridgehead atoms. The van der Waals surface area contributed by atoms with Gasteiger partial charge in [-0.15, -0.1) is 0 Å². The lowest BCUT2D eigenvalue weighted by molar-refractivity contribution is -0.127. The number of nitrogens with zero attached hydrogens (tertiary/aromatic N) is 1. The second-order valence-electron chi connectivity index (χ2n) is 2.55. The second kappa shape index (κ2) is 3.31. The van der Waals surface area contributed by atoms with Crippen molar-refractivity contribution in [3.8, 4) is 0 Å². The Labute approximate surface area is 69.2 Å². The first-order chi connectivity index (χ1) is 5.65. The van der Waals surface area contributed by atoms with Gasteiger partial charge >= 0.3 is 0 Å². The number of amides is 2. The third-order valence-electron chi connectivity index (χ3n) is 1.71. The molecule has 0 spiro atoms. The van der Waals surface area contributed by atoms with Crippen molar-refractivity contribution >= 4 is 17.5 Å². The zero-order chi connectivity index (χ0) is 9.14. The molecule has 0 aromatic heterocycles. The number of nitrogens with two attached hydrogens (primary N) is 1. The highest BCUT2D eigenvalue weighted by Crippen LogP contribution is 2.10. The predicted molar refractivity (Wildman–Crippen MR) is 41.7 cm³/mol. The van der Waals surface area contributed by atoms with Crippen molar-refractivity contribution in [2.75, 3.05) is 0 Å². The second-order valence-corrected chi connectivity index (χ2v) is 2.55. The zero-order valence-corrected chi connectivity index (χ0v) is 6.63. The summed E-state index contributed by atoms with van der Waals surface area (Å²) < 4.78 is 0. The summed E-state index contributed by atoms with van der Waals surface area (Å²) in [4.78, 5) is 21.8.